The second-order valence-corrected chi connectivity index (χ2v) is 7.43. The Balaban J connectivity index is 1.83. The van der Waals surface area contributed by atoms with Gasteiger partial charge in [-0.2, -0.15) is 0 Å². The van der Waals surface area contributed by atoms with Gasteiger partial charge >= 0.3 is 5.97 Å². The van der Waals surface area contributed by atoms with E-state index in [1.54, 1.807) is 12.1 Å². The summed E-state index contributed by atoms with van der Waals surface area (Å²) < 4.78 is 4.85. The van der Waals surface area contributed by atoms with E-state index in [1.165, 1.54) is 7.11 Å². The van der Waals surface area contributed by atoms with Gasteiger partial charge in [0.2, 0.25) is 5.91 Å². The Morgan fingerprint density at radius 3 is 2.59 bits per heavy atom. The van der Waals surface area contributed by atoms with E-state index in [9.17, 15) is 9.59 Å². The Labute approximate surface area is 168 Å². The molecule has 1 aliphatic heterocycles. The van der Waals surface area contributed by atoms with Crippen LogP contribution in [0.4, 0.5) is 5.69 Å². The Bertz CT molecular complexity index is 868. The van der Waals surface area contributed by atoms with E-state index in [1.807, 2.05) is 31.2 Å². The first-order chi connectivity index (χ1) is 12.9. The van der Waals surface area contributed by atoms with Crippen LogP contribution in [0.15, 0.2) is 36.4 Å². The lowest BCUT2D eigenvalue weighted by Gasteiger charge is -2.33. The molecule has 0 radical (unpaired) electrons. The average Bonchev–Trinajstić information content (AvgIpc) is 2.62. The summed E-state index contributed by atoms with van der Waals surface area (Å²) in [7, 11) is 1.33. The van der Waals surface area contributed by atoms with Crippen molar-refractivity contribution in [1.29, 1.82) is 0 Å². The highest BCUT2D eigenvalue weighted by atomic mass is 35.5. The van der Waals surface area contributed by atoms with Crippen molar-refractivity contribution in [3.63, 3.8) is 0 Å². The van der Waals surface area contributed by atoms with Crippen LogP contribution in [-0.4, -0.2) is 25.0 Å². The molecule has 0 saturated heterocycles. The van der Waals surface area contributed by atoms with Crippen molar-refractivity contribution < 1.29 is 14.3 Å². The number of hydrogen-bond acceptors (Lipinski definition) is 4. The van der Waals surface area contributed by atoms with Crippen LogP contribution in [0.1, 0.15) is 29.2 Å². The molecule has 3 rings (SSSR count). The van der Waals surface area contributed by atoms with Crippen LogP contribution >= 0.6 is 23.2 Å². The van der Waals surface area contributed by atoms with Gasteiger partial charge in [0, 0.05) is 27.7 Å². The van der Waals surface area contributed by atoms with Crippen molar-refractivity contribution in [3.05, 3.63) is 63.1 Å². The maximum absolute atomic E-state index is 12.6. The molecule has 2 unspecified atom stereocenters. The fourth-order valence-electron chi connectivity index (χ4n) is 3.22. The van der Waals surface area contributed by atoms with Crippen LogP contribution in [0.3, 0.4) is 0 Å². The molecule has 0 fully saturated rings. The standard InChI is InChI=1S/C20H20Cl2N2O3/c1-11-3-5-12(6-4-11)7-18(25)24-16-10-17(20(26)27-2)23-15-9-13(21)8-14(22)19(15)16/h3-6,8-9,16-17,23H,7,10H2,1-2H3,(H,24,25). The van der Waals surface area contributed by atoms with Crippen LogP contribution in [-0.2, 0) is 20.7 Å². The van der Waals surface area contributed by atoms with Crippen molar-refractivity contribution in [1.82, 2.24) is 5.32 Å². The zero-order valence-electron chi connectivity index (χ0n) is 15.0. The van der Waals surface area contributed by atoms with Crippen LogP contribution < -0.4 is 10.6 Å². The zero-order chi connectivity index (χ0) is 19.6. The third-order valence-electron chi connectivity index (χ3n) is 4.55. The largest absolute Gasteiger partial charge is 0.467 e. The van der Waals surface area contributed by atoms with Crippen LogP contribution in [0.25, 0.3) is 0 Å². The highest BCUT2D eigenvalue weighted by molar-refractivity contribution is 6.35. The summed E-state index contributed by atoms with van der Waals surface area (Å²) in [5, 5.41) is 6.97. The number of amides is 1. The molecule has 0 spiro atoms. The second-order valence-electron chi connectivity index (χ2n) is 6.59. The van der Waals surface area contributed by atoms with Crippen molar-refractivity contribution in [2.45, 2.75) is 31.8 Å². The summed E-state index contributed by atoms with van der Waals surface area (Å²) in [6.45, 7) is 2.00. The summed E-state index contributed by atoms with van der Waals surface area (Å²) in [5.41, 5.74) is 3.39. The van der Waals surface area contributed by atoms with Gasteiger partial charge < -0.3 is 15.4 Å². The molecule has 27 heavy (non-hydrogen) atoms. The first kappa shape index (κ1) is 19.5. The minimum atomic E-state index is -0.596. The molecule has 1 aliphatic rings. The molecule has 142 valence electrons. The number of carbonyl (C=O) groups excluding carboxylic acids is 2. The van der Waals surface area contributed by atoms with Gasteiger partial charge in [-0.1, -0.05) is 53.0 Å². The smallest absolute Gasteiger partial charge is 0.328 e. The maximum atomic E-state index is 12.6. The molecule has 1 heterocycles. The molecule has 1 amide bonds. The predicted molar refractivity (Wildman–Crippen MR) is 106 cm³/mol. The van der Waals surface area contributed by atoms with E-state index in [0.717, 1.165) is 16.7 Å². The topological polar surface area (TPSA) is 67.4 Å². The maximum Gasteiger partial charge on any atom is 0.328 e. The third kappa shape index (κ3) is 4.54. The van der Waals surface area contributed by atoms with Crippen LogP contribution in [0.2, 0.25) is 10.0 Å². The monoisotopic (exact) mass is 406 g/mol. The third-order valence-corrected chi connectivity index (χ3v) is 5.08. The number of hydrogen-bond donors (Lipinski definition) is 2. The molecule has 2 aromatic carbocycles. The van der Waals surface area contributed by atoms with E-state index in [2.05, 4.69) is 10.6 Å². The number of ether oxygens (including phenoxy) is 1. The van der Waals surface area contributed by atoms with Gasteiger partial charge in [0.05, 0.1) is 19.6 Å². The van der Waals surface area contributed by atoms with Gasteiger partial charge in [-0.25, -0.2) is 4.79 Å². The Morgan fingerprint density at radius 1 is 1.22 bits per heavy atom. The van der Waals surface area contributed by atoms with Gasteiger partial charge in [0.25, 0.3) is 0 Å². The zero-order valence-corrected chi connectivity index (χ0v) is 16.5. The predicted octanol–water partition coefficient (Wildman–Crippen LogP) is 4.06. The van der Waals surface area contributed by atoms with E-state index in [0.29, 0.717) is 22.2 Å². The summed E-state index contributed by atoms with van der Waals surface area (Å²) in [4.78, 5) is 24.6. The van der Waals surface area contributed by atoms with Gasteiger partial charge in [-0.3, -0.25) is 4.79 Å². The van der Waals surface area contributed by atoms with Gasteiger partial charge in [-0.05, 0) is 24.6 Å². The van der Waals surface area contributed by atoms with E-state index in [-0.39, 0.29) is 12.3 Å². The molecule has 5 nitrogen and oxygen atoms in total. The number of benzene rings is 2. The molecule has 0 aromatic heterocycles. The van der Waals surface area contributed by atoms with Gasteiger partial charge in [0.1, 0.15) is 6.04 Å². The molecule has 0 bridgehead atoms. The Morgan fingerprint density at radius 2 is 1.93 bits per heavy atom. The number of esters is 1. The molecular weight excluding hydrogens is 387 g/mol. The van der Waals surface area contributed by atoms with E-state index in [4.69, 9.17) is 27.9 Å². The minimum absolute atomic E-state index is 0.147. The second kappa shape index (κ2) is 8.19. The first-order valence-corrected chi connectivity index (χ1v) is 9.31. The highest BCUT2D eigenvalue weighted by Gasteiger charge is 2.34. The molecule has 2 atom stereocenters. The Hall–Kier alpha value is -2.24. The summed E-state index contributed by atoms with van der Waals surface area (Å²) >= 11 is 12.5. The number of rotatable bonds is 4. The number of methoxy groups -OCH3 is 1. The highest BCUT2D eigenvalue weighted by Crippen LogP contribution is 2.40. The fourth-order valence-corrected chi connectivity index (χ4v) is 3.85. The number of halogens is 2. The molecule has 2 N–H and O–H groups in total. The van der Waals surface area contributed by atoms with E-state index >= 15 is 0 Å². The average molecular weight is 407 g/mol. The molecule has 0 saturated carbocycles. The summed E-state index contributed by atoms with van der Waals surface area (Å²) in [5.74, 6) is -0.555. The lowest BCUT2D eigenvalue weighted by atomic mass is 9.92. The lowest BCUT2D eigenvalue weighted by Crippen LogP contribution is -2.42. The van der Waals surface area contributed by atoms with Crippen LogP contribution in [0, 0.1) is 6.92 Å². The molecular formula is C20H20Cl2N2O3. The van der Waals surface area contributed by atoms with E-state index < -0.39 is 18.1 Å². The fraction of sp³-hybridized carbons (Fsp3) is 0.300. The number of anilines is 1. The number of fused-ring (bicyclic) bond motifs is 1. The van der Waals surface area contributed by atoms with Crippen molar-refractivity contribution in [2.75, 3.05) is 12.4 Å². The van der Waals surface area contributed by atoms with Gasteiger partial charge in [-0.15, -0.1) is 0 Å². The number of nitrogens with one attached hydrogen (secondary N) is 2. The van der Waals surface area contributed by atoms with Crippen LogP contribution in [0.5, 0.6) is 0 Å². The molecule has 0 aliphatic carbocycles. The summed E-state index contributed by atoms with van der Waals surface area (Å²) in [6, 6.07) is 10.1. The normalized spacial score (nSPS) is 18.2. The Kier molecular flexibility index (Phi) is 5.92. The summed E-state index contributed by atoms with van der Waals surface area (Å²) in [6.07, 6.45) is 0.578. The molecule has 7 heteroatoms. The van der Waals surface area contributed by atoms with Crippen molar-refractivity contribution in [3.8, 4) is 0 Å². The quantitative estimate of drug-likeness (QED) is 0.751. The minimum Gasteiger partial charge on any atom is -0.467 e. The van der Waals surface area contributed by atoms with Gasteiger partial charge in [0.15, 0.2) is 0 Å². The van der Waals surface area contributed by atoms with Crippen molar-refractivity contribution in [2.24, 2.45) is 0 Å². The number of aryl methyl sites for hydroxylation is 1. The molecule has 2 aromatic rings. The van der Waals surface area contributed by atoms with Crippen molar-refractivity contribution >= 4 is 40.8 Å². The first-order valence-electron chi connectivity index (χ1n) is 8.55. The lowest BCUT2D eigenvalue weighted by molar-refractivity contribution is -0.142. The SMILES string of the molecule is COC(=O)C1CC(NC(=O)Cc2ccc(C)cc2)c2c(Cl)cc(Cl)cc2N1. The number of carbonyl (C=O) groups is 2.